The zero-order valence-corrected chi connectivity index (χ0v) is 17.0. The molecule has 0 aliphatic rings. The lowest BCUT2D eigenvalue weighted by Crippen LogP contribution is -2.15. The van der Waals surface area contributed by atoms with Crippen molar-refractivity contribution in [2.45, 2.75) is 38.4 Å². The molecule has 0 saturated heterocycles. The summed E-state index contributed by atoms with van der Waals surface area (Å²) in [6.07, 6.45) is 0. The Kier molecular flexibility index (Phi) is 6.28. The van der Waals surface area contributed by atoms with Crippen molar-refractivity contribution in [3.63, 3.8) is 0 Å². The summed E-state index contributed by atoms with van der Waals surface area (Å²) in [5, 5.41) is 15.7. The van der Waals surface area contributed by atoms with Crippen molar-refractivity contribution in [1.29, 1.82) is 0 Å². The number of carbonyl (C=O) groups excluding carboxylic acids is 1. The van der Waals surface area contributed by atoms with Gasteiger partial charge in [0.25, 0.3) is 0 Å². The third kappa shape index (κ3) is 4.56. The van der Waals surface area contributed by atoms with Crippen LogP contribution in [0.5, 0.6) is 0 Å². The maximum atomic E-state index is 14.2. The number of thioether (sulfide) groups is 1. The first-order valence-electron chi connectivity index (χ1n) is 8.67. The van der Waals surface area contributed by atoms with Gasteiger partial charge < -0.3 is 9.88 Å². The Balaban J connectivity index is 1.65. The fraction of sp³-hybridized carbons (Fsp3) is 0.316. The van der Waals surface area contributed by atoms with Crippen LogP contribution in [0.3, 0.4) is 0 Å². The van der Waals surface area contributed by atoms with E-state index >= 15 is 0 Å². The summed E-state index contributed by atoms with van der Waals surface area (Å²) in [6.45, 7) is 6.71. The third-order valence-electron chi connectivity index (χ3n) is 4.08. The first-order valence-corrected chi connectivity index (χ1v) is 10.6. The van der Waals surface area contributed by atoms with E-state index < -0.39 is 5.82 Å². The Hall–Kier alpha value is -2.19. The second-order valence-electron chi connectivity index (χ2n) is 6.29. The molecule has 3 aromatic rings. The van der Waals surface area contributed by atoms with Crippen LogP contribution in [0.15, 0.2) is 40.2 Å². The number of hydrogen-bond donors (Lipinski definition) is 1. The Labute approximate surface area is 166 Å². The van der Waals surface area contributed by atoms with Crippen LogP contribution < -0.4 is 5.32 Å². The van der Waals surface area contributed by atoms with Gasteiger partial charge in [-0.3, -0.25) is 4.79 Å². The highest BCUT2D eigenvalue weighted by Crippen LogP contribution is 2.26. The molecule has 1 aromatic carbocycles. The van der Waals surface area contributed by atoms with Gasteiger partial charge >= 0.3 is 0 Å². The number of halogens is 1. The van der Waals surface area contributed by atoms with Gasteiger partial charge in [0.1, 0.15) is 5.82 Å². The van der Waals surface area contributed by atoms with Crippen LogP contribution >= 0.6 is 23.1 Å². The molecule has 27 heavy (non-hydrogen) atoms. The van der Waals surface area contributed by atoms with Gasteiger partial charge in [0.2, 0.25) is 5.91 Å². The van der Waals surface area contributed by atoms with Gasteiger partial charge in [-0.1, -0.05) is 31.7 Å². The Morgan fingerprint density at radius 1 is 1.33 bits per heavy atom. The molecule has 0 spiro atoms. The van der Waals surface area contributed by atoms with Crippen molar-refractivity contribution in [3.05, 3.63) is 46.4 Å². The van der Waals surface area contributed by atoms with Crippen molar-refractivity contribution >= 4 is 34.7 Å². The average Bonchev–Trinajstić information content (AvgIpc) is 3.30. The summed E-state index contributed by atoms with van der Waals surface area (Å²) < 4.78 is 16.1. The quantitative estimate of drug-likeness (QED) is 0.562. The van der Waals surface area contributed by atoms with Gasteiger partial charge in [-0.15, -0.1) is 10.2 Å². The van der Waals surface area contributed by atoms with Crippen LogP contribution in [-0.4, -0.2) is 26.4 Å². The number of benzene rings is 1. The highest BCUT2D eigenvalue weighted by atomic mass is 32.2. The Morgan fingerprint density at radius 3 is 2.78 bits per heavy atom. The molecule has 0 aliphatic heterocycles. The molecule has 0 radical (unpaired) electrons. The minimum Gasteiger partial charge on any atom is -0.323 e. The second kappa shape index (κ2) is 8.67. The smallest absolute Gasteiger partial charge is 0.234 e. The maximum Gasteiger partial charge on any atom is 0.234 e. The van der Waals surface area contributed by atoms with Gasteiger partial charge in [-0.25, -0.2) is 4.39 Å². The molecule has 2 heterocycles. The molecule has 0 unspecified atom stereocenters. The number of thiophene rings is 1. The fourth-order valence-electron chi connectivity index (χ4n) is 2.59. The number of hydrogen-bond acceptors (Lipinski definition) is 5. The van der Waals surface area contributed by atoms with E-state index in [1.807, 2.05) is 48.2 Å². The van der Waals surface area contributed by atoms with Gasteiger partial charge in [-0.2, -0.15) is 11.3 Å². The van der Waals surface area contributed by atoms with Crippen LogP contribution in [-0.2, 0) is 11.3 Å². The molecule has 8 heteroatoms. The second-order valence-corrected chi connectivity index (χ2v) is 8.02. The number of nitrogens with zero attached hydrogens (tertiary/aromatic N) is 3. The molecule has 1 amide bonds. The summed E-state index contributed by atoms with van der Waals surface area (Å²) in [5.74, 6) is 0.456. The molecular formula is C19H21FN4OS2. The van der Waals surface area contributed by atoms with E-state index in [-0.39, 0.29) is 23.3 Å². The Morgan fingerprint density at radius 2 is 2.15 bits per heavy atom. The monoisotopic (exact) mass is 404 g/mol. The van der Waals surface area contributed by atoms with Crippen molar-refractivity contribution in [2.24, 2.45) is 0 Å². The van der Waals surface area contributed by atoms with Crippen LogP contribution in [0.4, 0.5) is 10.1 Å². The number of amides is 1. The molecule has 3 rings (SSSR count). The largest absolute Gasteiger partial charge is 0.323 e. The molecule has 2 aromatic heterocycles. The SMILES string of the molecule is CCn1c(SCC(=O)Nc2ccc(C(C)C)cc2F)nnc1-c1ccsc1. The van der Waals surface area contributed by atoms with E-state index in [9.17, 15) is 9.18 Å². The number of nitrogens with one attached hydrogen (secondary N) is 1. The van der Waals surface area contributed by atoms with E-state index in [0.717, 1.165) is 17.0 Å². The summed E-state index contributed by atoms with van der Waals surface area (Å²) in [5.41, 5.74) is 2.11. The van der Waals surface area contributed by atoms with Gasteiger partial charge in [0.05, 0.1) is 11.4 Å². The third-order valence-corrected chi connectivity index (χ3v) is 5.73. The summed E-state index contributed by atoms with van der Waals surface area (Å²) in [6, 6.07) is 6.90. The van der Waals surface area contributed by atoms with Crippen LogP contribution in [0.2, 0.25) is 0 Å². The molecule has 0 fully saturated rings. The fourth-order valence-corrected chi connectivity index (χ4v) is 4.03. The van der Waals surface area contributed by atoms with E-state index in [1.54, 1.807) is 17.4 Å². The van der Waals surface area contributed by atoms with Gasteiger partial charge in [-0.05, 0) is 42.0 Å². The highest BCUT2D eigenvalue weighted by Gasteiger charge is 2.15. The Bertz CT molecular complexity index is 922. The van der Waals surface area contributed by atoms with Crippen molar-refractivity contribution in [1.82, 2.24) is 14.8 Å². The van der Waals surface area contributed by atoms with Crippen LogP contribution in [0.1, 0.15) is 32.3 Å². The minimum atomic E-state index is -0.420. The lowest BCUT2D eigenvalue weighted by atomic mass is 10.0. The van der Waals surface area contributed by atoms with Crippen molar-refractivity contribution in [3.8, 4) is 11.4 Å². The molecule has 142 valence electrons. The molecular weight excluding hydrogens is 383 g/mol. The predicted octanol–water partition coefficient (Wildman–Crippen LogP) is 5.02. The summed E-state index contributed by atoms with van der Waals surface area (Å²) >= 11 is 2.89. The minimum absolute atomic E-state index is 0.132. The first kappa shape index (κ1) is 19.6. The number of aromatic nitrogens is 3. The highest BCUT2D eigenvalue weighted by molar-refractivity contribution is 7.99. The van der Waals surface area contributed by atoms with E-state index in [0.29, 0.717) is 11.7 Å². The van der Waals surface area contributed by atoms with Crippen LogP contribution in [0.25, 0.3) is 11.4 Å². The molecule has 0 atom stereocenters. The molecule has 0 aliphatic carbocycles. The topological polar surface area (TPSA) is 59.8 Å². The molecule has 5 nitrogen and oxygen atoms in total. The predicted molar refractivity (Wildman–Crippen MR) is 109 cm³/mol. The molecule has 0 saturated carbocycles. The number of rotatable bonds is 7. The van der Waals surface area contributed by atoms with E-state index in [4.69, 9.17) is 0 Å². The van der Waals surface area contributed by atoms with Crippen molar-refractivity contribution < 1.29 is 9.18 Å². The lowest BCUT2D eigenvalue weighted by molar-refractivity contribution is -0.113. The van der Waals surface area contributed by atoms with Gasteiger partial charge in [0.15, 0.2) is 11.0 Å². The average molecular weight is 405 g/mol. The zero-order valence-electron chi connectivity index (χ0n) is 15.4. The van der Waals surface area contributed by atoms with Gasteiger partial charge in [0, 0.05) is 17.5 Å². The van der Waals surface area contributed by atoms with E-state index in [1.165, 1.54) is 17.8 Å². The van der Waals surface area contributed by atoms with E-state index in [2.05, 4.69) is 15.5 Å². The molecule has 1 N–H and O–H groups in total. The summed E-state index contributed by atoms with van der Waals surface area (Å²) in [4.78, 5) is 12.2. The van der Waals surface area contributed by atoms with Crippen molar-refractivity contribution in [2.75, 3.05) is 11.1 Å². The number of carbonyl (C=O) groups is 1. The standard InChI is InChI=1S/C19H21FN4OS2/c1-4-24-18(14-7-8-26-10-14)22-23-19(24)27-11-17(25)21-16-6-5-13(12(2)3)9-15(16)20/h5-10,12H,4,11H2,1-3H3,(H,21,25). The number of anilines is 1. The molecule has 0 bridgehead atoms. The zero-order chi connectivity index (χ0) is 19.4. The normalized spacial score (nSPS) is 11.1. The van der Waals surface area contributed by atoms with Crippen LogP contribution in [0, 0.1) is 5.82 Å². The maximum absolute atomic E-state index is 14.2. The summed E-state index contributed by atoms with van der Waals surface area (Å²) in [7, 11) is 0. The first-order chi connectivity index (χ1) is 13.0. The lowest BCUT2D eigenvalue weighted by Gasteiger charge is -2.10.